The molecule has 0 spiro atoms. The molecule has 2 aromatic rings. The van der Waals surface area contributed by atoms with Crippen LogP contribution in [-0.2, 0) is 0 Å². The van der Waals surface area contributed by atoms with Crippen LogP contribution in [0.2, 0.25) is 0 Å². The third kappa shape index (κ3) is 2.95. The average molecular weight is 497 g/mol. The molecule has 0 radical (unpaired) electrons. The number of carbonyl (C=O) groups is 2. The molecule has 0 aliphatic rings. The van der Waals surface area contributed by atoms with Crippen LogP contribution in [0.4, 0.5) is 10.2 Å². The van der Waals surface area contributed by atoms with E-state index in [-0.39, 0.29) is 13.6 Å². The average Bonchev–Trinajstić information content (AvgIpc) is 2.43. The minimum Gasteiger partial charge on any atom is -0.478 e. The maximum Gasteiger partial charge on any atom is 0.342 e. The Kier molecular flexibility index (Phi) is 4.75. The minimum absolute atomic E-state index is 0.101. The first-order valence-corrected chi connectivity index (χ1v) is 7.70. The second-order valence-electron chi connectivity index (χ2n) is 4.33. The van der Waals surface area contributed by atoms with Crippen LogP contribution in [0.25, 0.3) is 11.1 Å². The van der Waals surface area contributed by atoms with Gasteiger partial charge in [-0.05, 0) is 44.6 Å². The largest absolute Gasteiger partial charge is 0.478 e. The Balaban J connectivity index is 3.07. The number of aromatic amines is 1. The van der Waals surface area contributed by atoms with E-state index in [2.05, 4.69) is 15.9 Å². The molecule has 0 fully saturated rings. The first-order chi connectivity index (χ1) is 10.7. The van der Waals surface area contributed by atoms with Crippen molar-refractivity contribution >= 4 is 56.3 Å². The van der Waals surface area contributed by atoms with E-state index in [0.717, 1.165) is 0 Å². The minimum atomic E-state index is -1.66. The first-order valence-electron chi connectivity index (χ1n) is 5.83. The molecule has 0 unspecified atom stereocenters. The molecule has 0 saturated carbocycles. The van der Waals surface area contributed by atoms with Crippen LogP contribution in [0, 0.1) is 9.39 Å². The lowest BCUT2D eigenvalue weighted by molar-refractivity contribution is 0.0695. The molecule has 0 saturated heterocycles. The summed E-state index contributed by atoms with van der Waals surface area (Å²) in [6.45, 7) is 0. The molecule has 0 bridgehead atoms. The second-order valence-corrected chi connectivity index (χ2v) is 6.28. The number of hydrogen-bond donors (Lipinski definition) is 4. The maximum absolute atomic E-state index is 14.1. The number of H-pyrrole nitrogens is 1. The van der Waals surface area contributed by atoms with Crippen LogP contribution in [0.15, 0.2) is 21.4 Å². The highest BCUT2D eigenvalue weighted by Crippen LogP contribution is 2.37. The molecule has 10 heteroatoms. The standard InChI is InChI=1S/C13H7BrFIN2O5/c14-8-3(1-2-4(16)9(8)15)5-6(12(20)21)10(17)18-11(19)7(5)13(22)23/h1-2H,(H,20,21)(H,22,23)(H3,17,18,19). The Labute approximate surface area is 149 Å². The molecule has 5 N–H and O–H groups in total. The molecular formula is C13H7BrFIN2O5. The number of carboxylic acid groups (broad SMARTS) is 2. The number of aromatic nitrogens is 1. The first kappa shape index (κ1) is 17.4. The number of hydrogen-bond acceptors (Lipinski definition) is 4. The summed E-state index contributed by atoms with van der Waals surface area (Å²) in [4.78, 5) is 36.7. The number of nitrogens with two attached hydrogens (primary N) is 1. The lowest BCUT2D eigenvalue weighted by Crippen LogP contribution is -2.24. The highest BCUT2D eigenvalue weighted by molar-refractivity contribution is 14.1. The van der Waals surface area contributed by atoms with E-state index in [4.69, 9.17) is 5.73 Å². The van der Waals surface area contributed by atoms with Gasteiger partial charge in [0.25, 0.3) is 5.56 Å². The number of nitrogen functional groups attached to an aromatic ring is 1. The van der Waals surface area contributed by atoms with Crippen molar-refractivity contribution in [3.8, 4) is 11.1 Å². The van der Waals surface area contributed by atoms with Crippen molar-refractivity contribution in [1.82, 2.24) is 4.98 Å². The number of aromatic carboxylic acids is 2. The summed E-state index contributed by atoms with van der Waals surface area (Å²) < 4.78 is 14.1. The van der Waals surface area contributed by atoms with Crippen LogP contribution in [0.1, 0.15) is 20.7 Å². The van der Waals surface area contributed by atoms with Gasteiger partial charge in [-0.2, -0.15) is 0 Å². The molecule has 0 amide bonds. The van der Waals surface area contributed by atoms with Crippen LogP contribution >= 0.6 is 38.5 Å². The van der Waals surface area contributed by atoms with Crippen molar-refractivity contribution in [3.05, 3.63) is 47.5 Å². The Morgan fingerprint density at radius 3 is 2.30 bits per heavy atom. The third-order valence-electron chi connectivity index (χ3n) is 2.98. The van der Waals surface area contributed by atoms with E-state index in [1.807, 2.05) is 4.98 Å². The van der Waals surface area contributed by atoms with E-state index >= 15 is 0 Å². The van der Waals surface area contributed by atoms with Gasteiger partial charge in [0, 0.05) is 14.7 Å². The Hall–Kier alpha value is -1.95. The Bertz CT molecular complexity index is 912. The van der Waals surface area contributed by atoms with E-state index in [9.17, 15) is 29.0 Å². The summed E-state index contributed by atoms with van der Waals surface area (Å²) >= 11 is 4.68. The Morgan fingerprint density at radius 1 is 1.22 bits per heavy atom. The fraction of sp³-hybridized carbons (Fsp3) is 0. The van der Waals surface area contributed by atoms with Gasteiger partial charge in [-0.15, -0.1) is 0 Å². The van der Waals surface area contributed by atoms with Gasteiger partial charge >= 0.3 is 11.9 Å². The molecule has 1 aromatic carbocycles. The summed E-state index contributed by atoms with van der Waals surface area (Å²) in [6, 6.07) is 2.63. The monoisotopic (exact) mass is 496 g/mol. The highest BCUT2D eigenvalue weighted by Gasteiger charge is 2.28. The van der Waals surface area contributed by atoms with Gasteiger partial charge in [-0.1, -0.05) is 6.07 Å². The van der Waals surface area contributed by atoms with Gasteiger partial charge in [0.1, 0.15) is 16.9 Å². The third-order valence-corrected chi connectivity index (χ3v) is 4.59. The molecule has 120 valence electrons. The summed E-state index contributed by atoms with van der Waals surface area (Å²) in [5.41, 5.74) is 2.40. The van der Waals surface area contributed by atoms with E-state index in [1.54, 1.807) is 22.6 Å². The van der Waals surface area contributed by atoms with Crippen LogP contribution < -0.4 is 11.3 Å². The number of anilines is 1. The van der Waals surface area contributed by atoms with Gasteiger partial charge in [-0.3, -0.25) is 4.79 Å². The highest BCUT2D eigenvalue weighted by atomic mass is 127. The Morgan fingerprint density at radius 2 is 1.78 bits per heavy atom. The van der Waals surface area contributed by atoms with Gasteiger partial charge in [-0.25, -0.2) is 14.0 Å². The van der Waals surface area contributed by atoms with E-state index in [0.29, 0.717) is 0 Å². The quantitative estimate of drug-likeness (QED) is 0.381. The second kappa shape index (κ2) is 6.28. The van der Waals surface area contributed by atoms with Gasteiger partial charge in [0.2, 0.25) is 0 Å². The van der Waals surface area contributed by atoms with E-state index < -0.39 is 45.8 Å². The smallest absolute Gasteiger partial charge is 0.342 e. The molecule has 7 nitrogen and oxygen atoms in total. The number of pyridine rings is 1. The fourth-order valence-corrected chi connectivity index (χ4v) is 3.40. The summed E-state index contributed by atoms with van der Waals surface area (Å²) in [5, 5.41) is 18.6. The number of rotatable bonds is 3. The molecule has 0 aliphatic carbocycles. The zero-order valence-corrected chi connectivity index (χ0v) is 14.7. The lowest BCUT2D eigenvalue weighted by Gasteiger charge is -2.14. The van der Waals surface area contributed by atoms with Crippen molar-refractivity contribution in [2.24, 2.45) is 0 Å². The van der Waals surface area contributed by atoms with Crippen LogP contribution in [0.3, 0.4) is 0 Å². The normalized spacial score (nSPS) is 10.6. The van der Waals surface area contributed by atoms with Crippen molar-refractivity contribution < 1.29 is 24.2 Å². The SMILES string of the molecule is Nc1[nH]c(=O)c(C(=O)O)c(-c2ccc(I)c(F)c2Br)c1C(=O)O. The van der Waals surface area contributed by atoms with Gasteiger partial charge < -0.3 is 20.9 Å². The lowest BCUT2D eigenvalue weighted by atomic mass is 9.95. The van der Waals surface area contributed by atoms with Gasteiger partial charge in [0.15, 0.2) is 5.82 Å². The summed E-state index contributed by atoms with van der Waals surface area (Å²) in [6.07, 6.45) is 0. The molecule has 0 aliphatic heterocycles. The number of benzene rings is 1. The molecule has 0 atom stereocenters. The number of carboxylic acids is 2. The van der Waals surface area contributed by atoms with Crippen molar-refractivity contribution in [1.29, 1.82) is 0 Å². The van der Waals surface area contributed by atoms with Gasteiger partial charge in [0.05, 0.1) is 4.47 Å². The van der Waals surface area contributed by atoms with Crippen LogP contribution in [0.5, 0.6) is 0 Å². The molecule has 23 heavy (non-hydrogen) atoms. The van der Waals surface area contributed by atoms with E-state index in [1.165, 1.54) is 12.1 Å². The number of halogens is 3. The predicted molar refractivity (Wildman–Crippen MR) is 91.2 cm³/mol. The number of nitrogens with one attached hydrogen (secondary N) is 1. The molecular weight excluding hydrogens is 490 g/mol. The predicted octanol–water partition coefficient (Wildman–Crippen LogP) is 2.53. The zero-order chi connectivity index (χ0) is 17.5. The summed E-state index contributed by atoms with van der Waals surface area (Å²) in [5.74, 6) is -4.44. The van der Waals surface area contributed by atoms with Crippen molar-refractivity contribution in [2.45, 2.75) is 0 Å². The maximum atomic E-state index is 14.1. The fourth-order valence-electron chi connectivity index (χ4n) is 2.04. The van der Waals surface area contributed by atoms with Crippen molar-refractivity contribution in [2.75, 3.05) is 5.73 Å². The zero-order valence-electron chi connectivity index (χ0n) is 11.0. The topological polar surface area (TPSA) is 133 Å². The molecule has 2 rings (SSSR count). The summed E-state index contributed by atoms with van der Waals surface area (Å²) in [7, 11) is 0. The molecule has 1 heterocycles. The van der Waals surface area contributed by atoms with Crippen LogP contribution in [-0.4, -0.2) is 27.1 Å². The molecule has 1 aromatic heterocycles. The van der Waals surface area contributed by atoms with Crippen molar-refractivity contribution in [3.63, 3.8) is 0 Å².